The van der Waals surface area contributed by atoms with E-state index in [0.717, 1.165) is 0 Å². The molecule has 0 spiro atoms. The van der Waals surface area contributed by atoms with Crippen molar-refractivity contribution in [3.8, 4) is 0 Å². The van der Waals surface area contributed by atoms with Crippen LogP contribution in [0.25, 0.3) is 0 Å². The van der Waals surface area contributed by atoms with E-state index in [0.29, 0.717) is 6.54 Å². The lowest BCUT2D eigenvalue weighted by Crippen LogP contribution is -1.94. The molecule has 0 bridgehead atoms. The van der Waals surface area contributed by atoms with Crippen molar-refractivity contribution in [1.29, 1.82) is 0 Å². The number of rotatable bonds is 1. The quantitative estimate of drug-likeness (QED) is 0.709. The van der Waals surface area contributed by atoms with E-state index >= 15 is 0 Å². The number of nitrogens with two attached hydrogens (primary N) is 1. The highest BCUT2D eigenvalue weighted by atomic mass is 14.5. The van der Waals surface area contributed by atoms with Gasteiger partial charge in [0.1, 0.15) is 0 Å². The van der Waals surface area contributed by atoms with Gasteiger partial charge in [0.2, 0.25) is 0 Å². The molecule has 14 heavy (non-hydrogen) atoms. The van der Waals surface area contributed by atoms with E-state index in [1.807, 2.05) is 30.3 Å². The van der Waals surface area contributed by atoms with Crippen molar-refractivity contribution in [3.05, 3.63) is 35.9 Å². The second kappa shape index (κ2) is 18.1. The van der Waals surface area contributed by atoms with E-state index in [2.05, 4.69) is 13.8 Å². The summed E-state index contributed by atoms with van der Waals surface area (Å²) in [6.07, 6.45) is 1.25. The van der Waals surface area contributed by atoms with Gasteiger partial charge in [-0.3, -0.25) is 0 Å². The van der Waals surface area contributed by atoms with Gasteiger partial charge in [0.05, 0.1) is 0 Å². The fourth-order valence-electron chi connectivity index (χ4n) is 0.614. The second-order valence-corrected chi connectivity index (χ2v) is 2.40. The fourth-order valence-corrected chi connectivity index (χ4v) is 0.614. The Hall–Kier alpha value is -0.820. The molecular formula is C13H29N. The third-order valence-electron chi connectivity index (χ3n) is 1.08. The number of benzene rings is 1. The third kappa shape index (κ3) is 13.7. The zero-order chi connectivity index (χ0) is 8.53. The fraction of sp³-hybridized carbons (Fsp3) is 0.538. The van der Waals surface area contributed by atoms with Gasteiger partial charge in [-0.1, -0.05) is 72.9 Å². The molecule has 0 atom stereocenters. The summed E-state index contributed by atoms with van der Waals surface area (Å²) in [6.45, 7) is 4.89. The normalized spacial score (nSPS) is 6.50. The van der Waals surface area contributed by atoms with Crippen molar-refractivity contribution >= 4 is 0 Å². The topological polar surface area (TPSA) is 26.0 Å². The maximum absolute atomic E-state index is 5.35. The van der Waals surface area contributed by atoms with Crippen LogP contribution in [0.15, 0.2) is 30.3 Å². The summed E-state index contributed by atoms with van der Waals surface area (Å²) in [6, 6.07) is 9.99. The highest BCUT2D eigenvalue weighted by Crippen LogP contribution is 1.94. The van der Waals surface area contributed by atoms with Gasteiger partial charge in [0.15, 0.2) is 0 Å². The summed E-state index contributed by atoms with van der Waals surface area (Å²) in [7, 11) is 0. The Morgan fingerprint density at radius 2 is 1.29 bits per heavy atom. The van der Waals surface area contributed by atoms with Crippen LogP contribution in [0.4, 0.5) is 0 Å². The average molecular weight is 199 g/mol. The maximum Gasteiger partial charge on any atom is 0.0178 e. The zero-order valence-electron chi connectivity index (χ0n) is 7.38. The van der Waals surface area contributed by atoms with Gasteiger partial charge in [-0.05, 0) is 5.56 Å². The highest BCUT2D eigenvalue weighted by Gasteiger charge is 1.80. The number of hydrogen-bond acceptors (Lipinski definition) is 1. The largest absolute Gasteiger partial charge is 0.326 e. The highest BCUT2D eigenvalue weighted by molar-refractivity contribution is 5.13. The predicted molar refractivity (Wildman–Crippen MR) is 70.5 cm³/mol. The van der Waals surface area contributed by atoms with Crippen molar-refractivity contribution in [3.63, 3.8) is 0 Å². The Kier molecular flexibility index (Phi) is 29.9. The van der Waals surface area contributed by atoms with Gasteiger partial charge in [-0.25, -0.2) is 0 Å². The first-order valence-corrected chi connectivity index (χ1v) is 4.09. The molecule has 0 fully saturated rings. The molecule has 0 unspecified atom stereocenters. The van der Waals surface area contributed by atoms with Crippen LogP contribution in [0.2, 0.25) is 0 Å². The average Bonchev–Trinajstić information content (AvgIpc) is 2.08. The van der Waals surface area contributed by atoms with Gasteiger partial charge < -0.3 is 5.73 Å². The first-order chi connectivity index (χ1) is 5.35. The van der Waals surface area contributed by atoms with E-state index in [1.165, 1.54) is 12.0 Å². The molecule has 0 aliphatic carbocycles. The molecule has 86 valence electrons. The number of hydrogen-bond donors (Lipinski definition) is 1. The van der Waals surface area contributed by atoms with Crippen LogP contribution in [0.1, 0.15) is 48.1 Å². The Balaban J connectivity index is -0.0000000758. The molecule has 0 amide bonds. The lowest BCUT2D eigenvalue weighted by Gasteiger charge is -1.90. The monoisotopic (exact) mass is 199 g/mol. The smallest absolute Gasteiger partial charge is 0.0178 e. The summed E-state index contributed by atoms with van der Waals surface area (Å²) in [5, 5.41) is 0. The SMILES string of the molecule is C.C.C.CCC.NCc1ccccc1. The summed E-state index contributed by atoms with van der Waals surface area (Å²) in [4.78, 5) is 0. The summed E-state index contributed by atoms with van der Waals surface area (Å²) in [5.41, 5.74) is 6.54. The van der Waals surface area contributed by atoms with Crippen LogP contribution >= 0.6 is 0 Å². The summed E-state index contributed by atoms with van der Waals surface area (Å²) in [5.74, 6) is 0. The molecule has 1 aromatic carbocycles. The van der Waals surface area contributed by atoms with Gasteiger partial charge >= 0.3 is 0 Å². The summed E-state index contributed by atoms with van der Waals surface area (Å²) < 4.78 is 0. The van der Waals surface area contributed by atoms with Crippen molar-refractivity contribution in [2.75, 3.05) is 0 Å². The lowest BCUT2D eigenvalue weighted by molar-refractivity contribution is 1.07. The molecular weight excluding hydrogens is 170 g/mol. The standard InChI is InChI=1S/C7H9N.C3H8.3CH4/c8-6-7-4-2-1-3-5-7;1-3-2;;;/h1-5H,6,8H2;3H2,1-2H3;3*1H4. The minimum Gasteiger partial charge on any atom is -0.326 e. The Morgan fingerprint density at radius 3 is 1.50 bits per heavy atom. The van der Waals surface area contributed by atoms with Gasteiger partial charge in [-0.15, -0.1) is 0 Å². The van der Waals surface area contributed by atoms with Crippen LogP contribution in [0.5, 0.6) is 0 Å². The van der Waals surface area contributed by atoms with Crippen molar-refractivity contribution in [1.82, 2.24) is 0 Å². The van der Waals surface area contributed by atoms with Crippen LogP contribution in [-0.2, 0) is 6.54 Å². The van der Waals surface area contributed by atoms with E-state index in [4.69, 9.17) is 5.73 Å². The molecule has 0 aliphatic rings. The lowest BCUT2D eigenvalue weighted by atomic mass is 10.2. The molecule has 1 aromatic rings. The molecule has 1 rings (SSSR count). The van der Waals surface area contributed by atoms with E-state index in [-0.39, 0.29) is 22.3 Å². The van der Waals surface area contributed by atoms with Crippen LogP contribution in [0.3, 0.4) is 0 Å². The third-order valence-corrected chi connectivity index (χ3v) is 1.08. The first kappa shape index (κ1) is 23.2. The second-order valence-electron chi connectivity index (χ2n) is 2.40. The van der Waals surface area contributed by atoms with Crippen LogP contribution in [-0.4, -0.2) is 0 Å². The van der Waals surface area contributed by atoms with Crippen molar-refractivity contribution < 1.29 is 0 Å². The van der Waals surface area contributed by atoms with Crippen molar-refractivity contribution in [2.45, 2.75) is 49.1 Å². The van der Waals surface area contributed by atoms with Crippen LogP contribution < -0.4 is 5.73 Å². The minimum absolute atomic E-state index is 0. The van der Waals surface area contributed by atoms with E-state index in [9.17, 15) is 0 Å². The maximum atomic E-state index is 5.35. The van der Waals surface area contributed by atoms with E-state index < -0.39 is 0 Å². The molecule has 0 heterocycles. The zero-order valence-corrected chi connectivity index (χ0v) is 7.38. The van der Waals surface area contributed by atoms with Gasteiger partial charge in [-0.2, -0.15) is 0 Å². The van der Waals surface area contributed by atoms with Crippen molar-refractivity contribution in [2.24, 2.45) is 5.73 Å². The minimum atomic E-state index is 0. The van der Waals surface area contributed by atoms with E-state index in [1.54, 1.807) is 0 Å². The molecule has 1 heteroatoms. The molecule has 0 aromatic heterocycles. The molecule has 0 radical (unpaired) electrons. The first-order valence-electron chi connectivity index (χ1n) is 4.09. The Labute approximate surface area is 91.3 Å². The summed E-state index contributed by atoms with van der Waals surface area (Å²) >= 11 is 0. The molecule has 1 nitrogen and oxygen atoms in total. The Bertz CT molecular complexity index is 158. The van der Waals surface area contributed by atoms with Gasteiger partial charge in [0.25, 0.3) is 0 Å². The van der Waals surface area contributed by atoms with Gasteiger partial charge in [0, 0.05) is 6.54 Å². The van der Waals surface area contributed by atoms with Crippen LogP contribution in [0, 0.1) is 0 Å². The molecule has 0 saturated heterocycles. The molecule has 0 aliphatic heterocycles. The molecule has 0 saturated carbocycles. The predicted octanol–water partition coefficient (Wildman–Crippen LogP) is 4.47. The Morgan fingerprint density at radius 1 is 0.929 bits per heavy atom. The molecule has 2 N–H and O–H groups in total.